The number of halogens is 2. The van der Waals surface area contributed by atoms with Gasteiger partial charge in [0.25, 0.3) is 0 Å². The van der Waals surface area contributed by atoms with E-state index in [-0.39, 0.29) is 12.4 Å². The van der Waals surface area contributed by atoms with Gasteiger partial charge in [-0.3, -0.25) is 0 Å². The topological polar surface area (TPSA) is 71.2 Å². The number of nitrogens with one attached hydrogen (secondary N) is 1. The number of aliphatic hydroxyl groups excluding tert-OH is 1. The van der Waals surface area contributed by atoms with Gasteiger partial charge in [0.1, 0.15) is 11.6 Å². The molecule has 3 rings (SSSR count). The van der Waals surface area contributed by atoms with Gasteiger partial charge in [-0.1, -0.05) is 23.3 Å². The van der Waals surface area contributed by atoms with Gasteiger partial charge in [0.15, 0.2) is 0 Å². The highest BCUT2D eigenvalue weighted by atomic mass is 19.1. The number of hydrogen-bond acceptors (Lipinski definition) is 5. The summed E-state index contributed by atoms with van der Waals surface area (Å²) in [6.07, 6.45) is -0.809. The van der Waals surface area contributed by atoms with E-state index in [9.17, 15) is 13.9 Å². The van der Waals surface area contributed by atoms with Crippen LogP contribution in [0.15, 0.2) is 52.9 Å². The Morgan fingerprint density at radius 2 is 1.76 bits per heavy atom. The maximum atomic E-state index is 13.2. The molecule has 130 valence electrons. The maximum Gasteiger partial charge on any atom is 0.316 e. The molecule has 2 aromatic carbocycles. The minimum Gasteiger partial charge on any atom is -0.403 e. The predicted octanol–water partition coefficient (Wildman–Crippen LogP) is 3.42. The number of anilines is 1. The van der Waals surface area contributed by atoms with Crippen LogP contribution >= 0.6 is 0 Å². The third kappa shape index (κ3) is 4.39. The van der Waals surface area contributed by atoms with E-state index in [1.807, 2.05) is 30.3 Å². The highest BCUT2D eigenvalue weighted by Gasteiger charge is 2.18. The summed E-state index contributed by atoms with van der Waals surface area (Å²) in [5, 5.41) is 21.0. The van der Waals surface area contributed by atoms with Gasteiger partial charge in [-0.15, -0.1) is 5.10 Å². The van der Waals surface area contributed by atoms with Gasteiger partial charge in [-0.25, -0.2) is 8.78 Å². The Bertz CT molecular complexity index is 819. The third-order valence-electron chi connectivity index (χ3n) is 3.74. The minimum atomic E-state index is -0.895. The zero-order chi connectivity index (χ0) is 17.8. The Hall–Kier alpha value is -2.80. The SMILES string of the molecule is CC(Nc1nnc(-c2ccccc2)o1)C(O)Cc1cc(F)cc(F)c1. The molecule has 0 aliphatic heterocycles. The van der Waals surface area contributed by atoms with Gasteiger partial charge >= 0.3 is 6.01 Å². The van der Waals surface area contributed by atoms with Crippen LogP contribution in [0, 0.1) is 11.6 Å². The minimum absolute atomic E-state index is 0.0858. The van der Waals surface area contributed by atoms with Gasteiger partial charge in [0.2, 0.25) is 5.89 Å². The molecular weight excluding hydrogens is 328 g/mol. The molecule has 0 bridgehead atoms. The second kappa shape index (κ2) is 7.40. The van der Waals surface area contributed by atoms with Gasteiger partial charge < -0.3 is 14.8 Å². The predicted molar refractivity (Wildman–Crippen MR) is 88.9 cm³/mol. The molecule has 0 spiro atoms. The molecule has 0 radical (unpaired) electrons. The van der Waals surface area contributed by atoms with Gasteiger partial charge in [0, 0.05) is 18.1 Å². The molecule has 1 aromatic heterocycles. The van der Waals surface area contributed by atoms with E-state index in [1.54, 1.807) is 6.92 Å². The van der Waals surface area contributed by atoms with Crippen LogP contribution in [0.25, 0.3) is 11.5 Å². The summed E-state index contributed by atoms with van der Waals surface area (Å²) in [6, 6.07) is 12.2. The summed E-state index contributed by atoms with van der Waals surface area (Å²) < 4.78 is 32.0. The van der Waals surface area contributed by atoms with Crippen molar-refractivity contribution in [3.8, 4) is 11.5 Å². The van der Waals surface area contributed by atoms with Gasteiger partial charge in [0.05, 0.1) is 12.1 Å². The molecule has 2 N–H and O–H groups in total. The van der Waals surface area contributed by atoms with Gasteiger partial charge in [-0.2, -0.15) is 0 Å². The third-order valence-corrected chi connectivity index (χ3v) is 3.74. The highest BCUT2D eigenvalue weighted by Crippen LogP contribution is 2.20. The summed E-state index contributed by atoms with van der Waals surface area (Å²) in [6.45, 7) is 1.71. The summed E-state index contributed by atoms with van der Waals surface area (Å²) in [7, 11) is 0. The molecule has 0 aliphatic carbocycles. The first-order valence-corrected chi connectivity index (χ1v) is 7.80. The van der Waals surface area contributed by atoms with Crippen LogP contribution in [-0.2, 0) is 6.42 Å². The van der Waals surface area contributed by atoms with Crippen LogP contribution in [-0.4, -0.2) is 27.4 Å². The molecule has 1 heterocycles. The summed E-state index contributed by atoms with van der Waals surface area (Å²) in [5.41, 5.74) is 1.15. The highest BCUT2D eigenvalue weighted by molar-refractivity contribution is 5.52. The normalized spacial score (nSPS) is 13.4. The van der Waals surface area contributed by atoms with Crippen LogP contribution < -0.4 is 5.32 Å². The molecule has 5 nitrogen and oxygen atoms in total. The fraction of sp³-hybridized carbons (Fsp3) is 0.222. The fourth-order valence-corrected chi connectivity index (χ4v) is 2.42. The van der Waals surface area contributed by atoms with Crippen molar-refractivity contribution in [3.63, 3.8) is 0 Å². The molecule has 2 atom stereocenters. The zero-order valence-electron chi connectivity index (χ0n) is 13.5. The zero-order valence-corrected chi connectivity index (χ0v) is 13.5. The molecule has 0 saturated carbocycles. The first-order chi connectivity index (χ1) is 12.0. The van der Waals surface area contributed by atoms with E-state index < -0.39 is 23.8 Å². The fourth-order valence-electron chi connectivity index (χ4n) is 2.42. The average Bonchev–Trinajstić information content (AvgIpc) is 3.03. The van der Waals surface area contributed by atoms with Crippen LogP contribution in [0.4, 0.5) is 14.8 Å². The number of nitrogens with zero attached hydrogens (tertiary/aromatic N) is 2. The molecule has 0 aliphatic rings. The molecule has 2 unspecified atom stereocenters. The number of hydrogen-bond donors (Lipinski definition) is 2. The Morgan fingerprint density at radius 3 is 2.44 bits per heavy atom. The second-order valence-electron chi connectivity index (χ2n) is 5.76. The van der Waals surface area contributed by atoms with Crippen molar-refractivity contribution in [3.05, 3.63) is 65.7 Å². The van der Waals surface area contributed by atoms with Crippen molar-refractivity contribution in [2.24, 2.45) is 0 Å². The Balaban J connectivity index is 1.63. The van der Waals surface area contributed by atoms with E-state index in [0.29, 0.717) is 11.5 Å². The quantitative estimate of drug-likeness (QED) is 0.716. The van der Waals surface area contributed by atoms with E-state index in [1.165, 1.54) is 12.1 Å². The van der Waals surface area contributed by atoms with E-state index in [0.717, 1.165) is 11.6 Å². The molecule has 7 heteroatoms. The Kier molecular flexibility index (Phi) is 5.04. The molecule has 0 fully saturated rings. The average molecular weight is 345 g/mol. The maximum absolute atomic E-state index is 13.2. The monoisotopic (exact) mass is 345 g/mol. The lowest BCUT2D eigenvalue weighted by atomic mass is 10.0. The Morgan fingerprint density at radius 1 is 1.08 bits per heavy atom. The first-order valence-electron chi connectivity index (χ1n) is 7.80. The van der Waals surface area contributed by atoms with Crippen LogP contribution in [0.2, 0.25) is 0 Å². The van der Waals surface area contributed by atoms with Gasteiger partial charge in [-0.05, 0) is 36.8 Å². The summed E-state index contributed by atoms with van der Waals surface area (Å²) >= 11 is 0. The van der Waals surface area contributed by atoms with E-state index in [2.05, 4.69) is 15.5 Å². The van der Waals surface area contributed by atoms with Crippen LogP contribution in [0.1, 0.15) is 12.5 Å². The lowest BCUT2D eigenvalue weighted by molar-refractivity contribution is 0.157. The number of rotatable bonds is 6. The first kappa shape index (κ1) is 17.0. The van der Waals surface area contributed by atoms with Crippen molar-refractivity contribution in [2.45, 2.75) is 25.5 Å². The number of aliphatic hydroxyl groups is 1. The Labute approximate surface area is 143 Å². The molecule has 0 amide bonds. The second-order valence-corrected chi connectivity index (χ2v) is 5.76. The largest absolute Gasteiger partial charge is 0.403 e. The van der Waals surface area contributed by atoms with Crippen molar-refractivity contribution in [1.82, 2.24) is 10.2 Å². The smallest absolute Gasteiger partial charge is 0.316 e. The van der Waals surface area contributed by atoms with Crippen molar-refractivity contribution >= 4 is 6.01 Å². The van der Waals surface area contributed by atoms with Crippen molar-refractivity contribution < 1.29 is 18.3 Å². The molecular formula is C18H17F2N3O2. The lowest BCUT2D eigenvalue weighted by Gasteiger charge is -2.19. The van der Waals surface area contributed by atoms with Crippen molar-refractivity contribution in [1.29, 1.82) is 0 Å². The van der Waals surface area contributed by atoms with E-state index >= 15 is 0 Å². The summed E-state index contributed by atoms with van der Waals surface area (Å²) in [5.74, 6) is -0.989. The van der Waals surface area contributed by atoms with E-state index in [4.69, 9.17) is 4.42 Å². The molecule has 0 saturated heterocycles. The number of aromatic nitrogens is 2. The van der Waals surface area contributed by atoms with Crippen LogP contribution in [0.3, 0.4) is 0 Å². The van der Waals surface area contributed by atoms with Crippen LogP contribution in [0.5, 0.6) is 0 Å². The molecule has 3 aromatic rings. The lowest BCUT2D eigenvalue weighted by Crippen LogP contribution is -2.32. The standard InChI is InChI=1S/C18H17F2N3O2/c1-11(16(24)9-12-7-14(19)10-15(20)8-12)21-18-23-22-17(25-18)13-5-3-2-4-6-13/h2-8,10-11,16,24H,9H2,1H3,(H,21,23). The summed E-state index contributed by atoms with van der Waals surface area (Å²) in [4.78, 5) is 0. The van der Waals surface area contributed by atoms with Crippen molar-refractivity contribution in [2.75, 3.05) is 5.32 Å². The number of benzene rings is 2. The molecule has 25 heavy (non-hydrogen) atoms.